The van der Waals surface area contributed by atoms with Crippen LogP contribution in [0.3, 0.4) is 0 Å². The highest BCUT2D eigenvalue weighted by Crippen LogP contribution is 2.37. The first-order chi connectivity index (χ1) is 21.1. The van der Waals surface area contributed by atoms with Crippen LogP contribution in [0.2, 0.25) is 0 Å². The molecule has 0 aromatic heterocycles. The Hall–Kier alpha value is -3.89. The van der Waals surface area contributed by atoms with E-state index in [4.69, 9.17) is 14.2 Å². The van der Waals surface area contributed by atoms with Crippen LogP contribution in [-0.4, -0.2) is 13.2 Å². The summed E-state index contributed by atoms with van der Waals surface area (Å²) in [6.45, 7) is 2.95. The average molecular weight is 619 g/mol. The molecule has 0 saturated carbocycles. The third-order valence-electron chi connectivity index (χ3n) is 7.46. The summed E-state index contributed by atoms with van der Waals surface area (Å²) in [6, 6.07) is 12.3. The van der Waals surface area contributed by atoms with Crippen molar-refractivity contribution in [3.05, 3.63) is 113 Å². The Kier molecular flexibility index (Phi) is 9.60. The van der Waals surface area contributed by atoms with Crippen LogP contribution in [0.1, 0.15) is 50.0 Å². The van der Waals surface area contributed by atoms with Crippen molar-refractivity contribution in [3.63, 3.8) is 0 Å². The van der Waals surface area contributed by atoms with Gasteiger partial charge in [0.1, 0.15) is 23.2 Å². The van der Waals surface area contributed by atoms with E-state index < -0.39 is 52.8 Å². The zero-order valence-corrected chi connectivity index (χ0v) is 23.7. The molecular formula is C34H29F7O3. The van der Waals surface area contributed by atoms with E-state index in [1.807, 2.05) is 0 Å². The van der Waals surface area contributed by atoms with E-state index in [9.17, 15) is 30.7 Å². The smallest absolute Gasteiger partial charge is 0.429 e. The molecule has 0 N–H and O–H groups in total. The lowest BCUT2D eigenvalue weighted by Crippen LogP contribution is -2.27. The largest absolute Gasteiger partial charge is 0.429 e. The van der Waals surface area contributed by atoms with E-state index in [1.54, 1.807) is 0 Å². The van der Waals surface area contributed by atoms with Crippen molar-refractivity contribution in [2.24, 2.45) is 5.92 Å². The maximum Gasteiger partial charge on any atom is 0.429 e. The van der Waals surface area contributed by atoms with E-state index in [0.29, 0.717) is 19.3 Å². The van der Waals surface area contributed by atoms with Gasteiger partial charge in [-0.1, -0.05) is 50.5 Å². The number of unbranched alkanes of at least 4 members (excludes halogenated alkanes) is 2. The van der Waals surface area contributed by atoms with Gasteiger partial charge in [0.25, 0.3) is 0 Å². The molecule has 1 heterocycles. The van der Waals surface area contributed by atoms with Gasteiger partial charge in [0, 0.05) is 28.7 Å². The molecule has 1 saturated heterocycles. The van der Waals surface area contributed by atoms with Crippen molar-refractivity contribution >= 4 is 0 Å². The quantitative estimate of drug-likeness (QED) is 0.131. The molecular weight excluding hydrogens is 589 g/mol. The monoisotopic (exact) mass is 618 g/mol. The first kappa shape index (κ1) is 31.5. The van der Waals surface area contributed by atoms with Crippen molar-refractivity contribution in [3.8, 4) is 28.0 Å². The zero-order valence-electron chi connectivity index (χ0n) is 23.7. The fraction of sp³-hybridized carbons (Fsp3) is 0.294. The Balaban J connectivity index is 1.26. The van der Waals surface area contributed by atoms with Crippen molar-refractivity contribution in [2.45, 2.75) is 45.0 Å². The van der Waals surface area contributed by atoms with E-state index in [1.165, 1.54) is 24.3 Å². The van der Waals surface area contributed by atoms with Crippen molar-refractivity contribution in [2.75, 3.05) is 13.2 Å². The molecule has 1 fully saturated rings. The van der Waals surface area contributed by atoms with Crippen LogP contribution in [-0.2, 0) is 15.6 Å². The second-order valence-corrected chi connectivity index (χ2v) is 10.7. The minimum atomic E-state index is -4.16. The number of benzene rings is 4. The first-order valence-electron chi connectivity index (χ1n) is 14.2. The molecule has 232 valence electrons. The van der Waals surface area contributed by atoms with E-state index in [2.05, 4.69) is 6.92 Å². The van der Waals surface area contributed by atoms with E-state index in [0.717, 1.165) is 68.1 Å². The highest BCUT2D eigenvalue weighted by atomic mass is 19.3. The second kappa shape index (κ2) is 13.4. The highest BCUT2D eigenvalue weighted by molar-refractivity contribution is 5.71. The maximum atomic E-state index is 15.0. The minimum Gasteiger partial charge on any atom is -0.429 e. The molecule has 0 bridgehead atoms. The Morgan fingerprint density at radius 1 is 0.682 bits per heavy atom. The van der Waals surface area contributed by atoms with E-state index in [-0.39, 0.29) is 33.7 Å². The topological polar surface area (TPSA) is 27.7 Å². The summed E-state index contributed by atoms with van der Waals surface area (Å²) < 4.78 is 118. The molecule has 4 aromatic carbocycles. The van der Waals surface area contributed by atoms with E-state index >= 15 is 0 Å². The van der Waals surface area contributed by atoms with Gasteiger partial charge in [0.2, 0.25) is 0 Å². The van der Waals surface area contributed by atoms with Crippen molar-refractivity contribution in [1.29, 1.82) is 0 Å². The summed E-state index contributed by atoms with van der Waals surface area (Å²) in [5.74, 6) is -5.71. The lowest BCUT2D eigenvalue weighted by molar-refractivity contribution is -0.206. The Bertz CT molecular complexity index is 1620. The lowest BCUT2D eigenvalue weighted by Gasteiger charge is -2.30. The molecule has 0 atom stereocenters. The number of halogens is 7. The average Bonchev–Trinajstić information content (AvgIpc) is 2.99. The van der Waals surface area contributed by atoms with Crippen LogP contribution in [0, 0.1) is 35.0 Å². The Morgan fingerprint density at radius 3 is 1.93 bits per heavy atom. The molecule has 44 heavy (non-hydrogen) atoms. The minimum absolute atomic E-state index is 0.0473. The predicted octanol–water partition coefficient (Wildman–Crippen LogP) is 10.1. The SMILES string of the molecule is CCCCCC1COC(c2ccc(C(F)(F)Oc3ccc(-c4ccc(-c5ccc(F)c(F)c5)c(F)c4)c(F)c3)c(F)c2)OC1. The first-order valence-corrected chi connectivity index (χ1v) is 14.2. The third kappa shape index (κ3) is 7.08. The summed E-state index contributed by atoms with van der Waals surface area (Å²) in [7, 11) is 0. The fourth-order valence-corrected chi connectivity index (χ4v) is 5.08. The molecule has 0 spiro atoms. The summed E-state index contributed by atoms with van der Waals surface area (Å²) in [5, 5.41) is 0. The number of ether oxygens (including phenoxy) is 3. The molecule has 0 amide bonds. The van der Waals surface area contributed by atoms with Gasteiger partial charge in [-0.2, -0.15) is 8.78 Å². The molecule has 1 aliphatic heterocycles. The molecule has 3 nitrogen and oxygen atoms in total. The van der Waals surface area contributed by atoms with Gasteiger partial charge in [-0.3, -0.25) is 0 Å². The Labute approximate surface area is 250 Å². The third-order valence-corrected chi connectivity index (χ3v) is 7.46. The van der Waals surface area contributed by atoms with Gasteiger partial charge < -0.3 is 14.2 Å². The van der Waals surface area contributed by atoms with Crippen molar-refractivity contribution < 1.29 is 44.9 Å². The summed E-state index contributed by atoms with van der Waals surface area (Å²) in [5.41, 5.74) is -0.863. The van der Waals surface area contributed by atoms with Gasteiger partial charge in [0.15, 0.2) is 17.9 Å². The molecule has 5 rings (SSSR count). The van der Waals surface area contributed by atoms with Crippen LogP contribution in [0.15, 0.2) is 72.8 Å². The fourth-order valence-electron chi connectivity index (χ4n) is 5.08. The lowest BCUT2D eigenvalue weighted by atomic mass is 9.99. The summed E-state index contributed by atoms with van der Waals surface area (Å²) >= 11 is 0. The van der Waals surface area contributed by atoms with Gasteiger partial charge in [-0.15, -0.1) is 0 Å². The zero-order chi connectivity index (χ0) is 31.4. The van der Waals surface area contributed by atoms with Crippen LogP contribution >= 0.6 is 0 Å². The molecule has 10 heteroatoms. The van der Waals surface area contributed by atoms with Gasteiger partial charge in [0.05, 0.1) is 18.8 Å². The molecule has 1 aliphatic rings. The molecule has 0 aliphatic carbocycles. The van der Waals surface area contributed by atoms with Crippen LogP contribution < -0.4 is 4.74 Å². The normalized spacial score (nSPS) is 17.1. The van der Waals surface area contributed by atoms with Crippen LogP contribution in [0.25, 0.3) is 22.3 Å². The Morgan fingerprint density at radius 2 is 1.32 bits per heavy atom. The predicted molar refractivity (Wildman–Crippen MR) is 150 cm³/mol. The molecule has 4 aromatic rings. The maximum absolute atomic E-state index is 15.0. The standard InChI is InChI=1S/C34H29F7O3/c1-2-3-4-5-20-18-42-33(43-19-20)23-7-12-27(31(38)16-23)34(40,41)44-24-9-11-26(30(37)17-24)21-6-10-25(29(36)14-21)22-8-13-28(35)32(39)15-22/h6-17,20,33H,2-5,18-19H2,1H3. The molecule has 0 unspecified atom stereocenters. The van der Waals surface area contributed by atoms with Crippen LogP contribution in [0.5, 0.6) is 5.75 Å². The number of hydrogen-bond acceptors (Lipinski definition) is 3. The second-order valence-electron chi connectivity index (χ2n) is 10.7. The summed E-state index contributed by atoms with van der Waals surface area (Å²) in [6.07, 6.45) is -0.837. The highest BCUT2D eigenvalue weighted by Gasteiger charge is 2.38. The number of alkyl halides is 2. The van der Waals surface area contributed by atoms with Crippen LogP contribution in [0.4, 0.5) is 30.7 Å². The summed E-state index contributed by atoms with van der Waals surface area (Å²) in [4.78, 5) is 0. The molecule has 0 radical (unpaired) electrons. The van der Waals surface area contributed by atoms with Gasteiger partial charge in [-0.05, 0) is 60.0 Å². The van der Waals surface area contributed by atoms with Gasteiger partial charge in [-0.25, -0.2) is 22.0 Å². The number of hydrogen-bond donors (Lipinski definition) is 0. The number of rotatable bonds is 10. The van der Waals surface area contributed by atoms with Gasteiger partial charge >= 0.3 is 6.11 Å². The van der Waals surface area contributed by atoms with Crippen molar-refractivity contribution in [1.82, 2.24) is 0 Å².